The van der Waals surface area contributed by atoms with Gasteiger partial charge in [0.1, 0.15) is 5.69 Å². The van der Waals surface area contributed by atoms with Crippen LogP contribution in [0.3, 0.4) is 0 Å². The number of piperidine rings is 1. The van der Waals surface area contributed by atoms with E-state index in [1.807, 2.05) is 54.7 Å². The number of carbonyl (C=O) groups excluding carboxylic acids is 1. The molecule has 0 aliphatic carbocycles. The van der Waals surface area contributed by atoms with Gasteiger partial charge in [-0.25, -0.2) is 4.52 Å². The second-order valence-corrected chi connectivity index (χ2v) is 7.27. The number of hydrogen-bond donors (Lipinski definition) is 1. The number of carboxylic acids is 1. The number of hydrogen-bond acceptors (Lipinski definition) is 3. The quantitative estimate of drug-likeness (QED) is 0.672. The van der Waals surface area contributed by atoms with Crippen LogP contribution >= 0.6 is 0 Å². The predicted octanol–water partition coefficient (Wildman–Crippen LogP) is 3.87. The molecule has 3 aromatic rings. The Morgan fingerprint density at radius 3 is 2.69 bits per heavy atom. The third-order valence-electron chi connectivity index (χ3n) is 5.34. The number of rotatable bonds is 5. The summed E-state index contributed by atoms with van der Waals surface area (Å²) < 4.78 is 1.81. The van der Waals surface area contributed by atoms with Gasteiger partial charge in [0, 0.05) is 36.0 Å². The maximum Gasteiger partial charge on any atom is 0.305 e. The molecule has 6 nitrogen and oxygen atoms in total. The summed E-state index contributed by atoms with van der Waals surface area (Å²) >= 11 is 0. The summed E-state index contributed by atoms with van der Waals surface area (Å²) in [5.74, 6) is -1.02. The third-order valence-corrected chi connectivity index (χ3v) is 5.34. The first-order chi connectivity index (χ1) is 14.1. The summed E-state index contributed by atoms with van der Waals surface area (Å²) in [6.07, 6.45) is 7.83. The molecule has 1 saturated heterocycles. The van der Waals surface area contributed by atoms with Gasteiger partial charge in [-0.15, -0.1) is 0 Å². The van der Waals surface area contributed by atoms with Crippen molar-refractivity contribution in [3.63, 3.8) is 0 Å². The van der Waals surface area contributed by atoms with Gasteiger partial charge in [0.05, 0.1) is 11.9 Å². The smallest absolute Gasteiger partial charge is 0.305 e. The highest BCUT2D eigenvalue weighted by molar-refractivity contribution is 5.95. The Bertz CT molecular complexity index is 1060. The van der Waals surface area contributed by atoms with Crippen LogP contribution in [0.1, 0.15) is 31.2 Å². The lowest BCUT2D eigenvalue weighted by Gasteiger charge is -2.34. The lowest BCUT2D eigenvalue weighted by Crippen LogP contribution is -2.44. The number of carbonyl (C=O) groups is 2. The van der Waals surface area contributed by atoms with E-state index >= 15 is 0 Å². The molecule has 4 rings (SSSR count). The van der Waals surface area contributed by atoms with Crippen molar-refractivity contribution in [3.05, 3.63) is 66.4 Å². The predicted molar refractivity (Wildman–Crippen MR) is 111 cm³/mol. The summed E-state index contributed by atoms with van der Waals surface area (Å²) in [5.41, 5.74) is 3.57. The van der Waals surface area contributed by atoms with Crippen LogP contribution in [-0.2, 0) is 9.59 Å². The van der Waals surface area contributed by atoms with Crippen LogP contribution in [0.2, 0.25) is 0 Å². The van der Waals surface area contributed by atoms with Gasteiger partial charge in [-0.3, -0.25) is 9.59 Å². The molecule has 1 N–H and O–H groups in total. The molecule has 0 bridgehead atoms. The summed E-state index contributed by atoms with van der Waals surface area (Å²) in [6.45, 7) is 0.599. The Labute approximate surface area is 169 Å². The summed E-state index contributed by atoms with van der Waals surface area (Å²) in [4.78, 5) is 25.7. The highest BCUT2D eigenvalue weighted by Gasteiger charge is 2.27. The van der Waals surface area contributed by atoms with E-state index in [1.54, 1.807) is 21.6 Å². The molecular formula is C23H23N3O3. The van der Waals surface area contributed by atoms with Gasteiger partial charge in [-0.1, -0.05) is 36.4 Å². The largest absolute Gasteiger partial charge is 0.481 e. The minimum atomic E-state index is -0.868. The van der Waals surface area contributed by atoms with Gasteiger partial charge in [0.2, 0.25) is 5.91 Å². The number of carboxylic acid groups (broad SMARTS) is 1. The average molecular weight is 389 g/mol. The number of aliphatic carboxylic acids is 1. The Hall–Kier alpha value is -3.41. The molecule has 0 saturated carbocycles. The van der Waals surface area contributed by atoms with Crippen LogP contribution in [0.5, 0.6) is 0 Å². The van der Waals surface area contributed by atoms with E-state index in [2.05, 4.69) is 0 Å². The van der Waals surface area contributed by atoms with Crippen LogP contribution in [0.4, 0.5) is 0 Å². The molecule has 1 aliphatic rings. The minimum absolute atomic E-state index is 0.00837. The maximum atomic E-state index is 12.9. The third kappa shape index (κ3) is 4.06. The van der Waals surface area contributed by atoms with Crippen molar-refractivity contribution < 1.29 is 14.7 Å². The first-order valence-corrected chi connectivity index (χ1v) is 9.87. The van der Waals surface area contributed by atoms with Gasteiger partial charge in [0.25, 0.3) is 0 Å². The molecule has 1 aliphatic heterocycles. The summed E-state index contributed by atoms with van der Waals surface area (Å²) in [7, 11) is 0. The molecule has 3 heterocycles. The molecule has 0 radical (unpaired) electrons. The molecule has 6 heteroatoms. The number of benzene rings is 1. The lowest BCUT2D eigenvalue weighted by atomic mass is 9.99. The van der Waals surface area contributed by atoms with Gasteiger partial charge in [-0.05, 0) is 37.5 Å². The van der Waals surface area contributed by atoms with Crippen LogP contribution < -0.4 is 0 Å². The number of likely N-dealkylation sites (tertiary alicyclic amines) is 1. The first-order valence-electron chi connectivity index (χ1n) is 9.87. The molecule has 2 aromatic heterocycles. The Morgan fingerprint density at radius 1 is 1.10 bits per heavy atom. The van der Waals surface area contributed by atoms with E-state index in [1.165, 1.54) is 0 Å². The molecule has 0 spiro atoms. The average Bonchev–Trinajstić information content (AvgIpc) is 3.11. The molecule has 1 fully saturated rings. The number of amides is 1. The topological polar surface area (TPSA) is 74.9 Å². The number of pyridine rings is 1. The van der Waals surface area contributed by atoms with Crippen LogP contribution in [-0.4, -0.2) is 44.1 Å². The van der Waals surface area contributed by atoms with Crippen molar-refractivity contribution in [2.45, 2.75) is 31.7 Å². The highest BCUT2D eigenvalue weighted by atomic mass is 16.4. The van der Waals surface area contributed by atoms with E-state index in [0.717, 1.165) is 41.6 Å². The zero-order chi connectivity index (χ0) is 20.2. The fourth-order valence-electron chi connectivity index (χ4n) is 3.95. The van der Waals surface area contributed by atoms with Gasteiger partial charge in [0.15, 0.2) is 0 Å². The molecule has 148 valence electrons. The molecular weight excluding hydrogens is 366 g/mol. The van der Waals surface area contributed by atoms with Crippen molar-refractivity contribution in [3.8, 4) is 11.3 Å². The zero-order valence-corrected chi connectivity index (χ0v) is 16.1. The molecule has 1 amide bonds. The number of aromatic nitrogens is 2. The van der Waals surface area contributed by atoms with Crippen molar-refractivity contribution in [1.29, 1.82) is 0 Å². The highest BCUT2D eigenvalue weighted by Crippen LogP contribution is 2.28. The number of fused-ring (bicyclic) bond motifs is 1. The minimum Gasteiger partial charge on any atom is -0.481 e. The van der Waals surface area contributed by atoms with E-state index in [0.29, 0.717) is 6.54 Å². The standard InChI is InChI=1S/C23H23N3O3/c27-21(25-14-6-4-10-18(25)16-22(28)29)13-12-19-20-11-5-7-15-26(20)24-23(19)17-8-2-1-3-9-17/h1-3,5,7-9,11-13,15,18H,4,6,10,14,16H2,(H,28,29)/t18-/m1/s1. The lowest BCUT2D eigenvalue weighted by molar-refractivity contribution is -0.140. The Kier molecular flexibility index (Phi) is 5.42. The fraction of sp³-hybridized carbons (Fsp3) is 0.261. The van der Waals surface area contributed by atoms with Crippen LogP contribution in [0, 0.1) is 0 Å². The summed E-state index contributed by atoms with van der Waals surface area (Å²) in [6, 6.07) is 15.5. The second-order valence-electron chi connectivity index (χ2n) is 7.27. The Balaban J connectivity index is 1.67. The second kappa shape index (κ2) is 8.31. The van der Waals surface area contributed by atoms with Crippen molar-refractivity contribution in [1.82, 2.24) is 14.5 Å². The van der Waals surface area contributed by atoms with E-state index in [9.17, 15) is 9.59 Å². The monoisotopic (exact) mass is 389 g/mol. The van der Waals surface area contributed by atoms with Crippen molar-refractivity contribution >= 4 is 23.5 Å². The van der Waals surface area contributed by atoms with Crippen molar-refractivity contribution in [2.24, 2.45) is 0 Å². The number of nitrogens with zero attached hydrogens (tertiary/aromatic N) is 3. The van der Waals surface area contributed by atoms with Crippen molar-refractivity contribution in [2.75, 3.05) is 6.54 Å². The summed E-state index contributed by atoms with van der Waals surface area (Å²) in [5, 5.41) is 13.8. The van der Waals surface area contributed by atoms with Gasteiger partial charge >= 0.3 is 5.97 Å². The van der Waals surface area contributed by atoms with E-state index in [4.69, 9.17) is 10.2 Å². The normalized spacial score (nSPS) is 17.1. The fourth-order valence-corrected chi connectivity index (χ4v) is 3.95. The zero-order valence-electron chi connectivity index (χ0n) is 16.1. The first kappa shape index (κ1) is 18.9. The van der Waals surface area contributed by atoms with E-state index in [-0.39, 0.29) is 18.4 Å². The molecule has 1 atom stereocenters. The van der Waals surface area contributed by atoms with Crippen LogP contribution in [0.25, 0.3) is 22.9 Å². The Morgan fingerprint density at radius 2 is 1.90 bits per heavy atom. The van der Waals surface area contributed by atoms with E-state index < -0.39 is 5.97 Å². The van der Waals surface area contributed by atoms with Gasteiger partial charge < -0.3 is 10.0 Å². The maximum absolute atomic E-state index is 12.9. The SMILES string of the molecule is O=C(O)C[C@H]1CCCCN1C(=O)C=Cc1c(-c2ccccc2)nn2ccccc12. The molecule has 1 aromatic carbocycles. The van der Waals surface area contributed by atoms with Gasteiger partial charge in [-0.2, -0.15) is 5.10 Å². The van der Waals surface area contributed by atoms with Crippen LogP contribution in [0.15, 0.2) is 60.8 Å². The molecule has 29 heavy (non-hydrogen) atoms. The molecule has 0 unspecified atom stereocenters.